The first-order valence-corrected chi connectivity index (χ1v) is 8.91. The third kappa shape index (κ3) is 3.68. The molecule has 1 saturated heterocycles. The number of nitrogens with zero attached hydrogens (tertiary/aromatic N) is 2. The van der Waals surface area contributed by atoms with Crippen LogP contribution in [0.3, 0.4) is 0 Å². The van der Waals surface area contributed by atoms with Crippen molar-refractivity contribution in [3.05, 3.63) is 71.8 Å². The second-order valence-electron chi connectivity index (χ2n) is 7.15. The maximum Gasteiger partial charge on any atom is 0.0622 e. The zero-order valence-electron chi connectivity index (χ0n) is 14.5. The summed E-state index contributed by atoms with van der Waals surface area (Å²) in [6.07, 6.45) is 2.78. The summed E-state index contributed by atoms with van der Waals surface area (Å²) in [7, 11) is 0. The monoisotopic (exact) mass is 318 g/mol. The lowest BCUT2D eigenvalue weighted by molar-refractivity contribution is 0.250. The van der Waals surface area contributed by atoms with E-state index in [1.165, 1.54) is 17.5 Å². The smallest absolute Gasteiger partial charge is 0.0622 e. The minimum atomic E-state index is 0.0857. The van der Waals surface area contributed by atoms with Crippen molar-refractivity contribution in [3.63, 3.8) is 0 Å². The van der Waals surface area contributed by atoms with Crippen LogP contribution in [0.25, 0.3) is 0 Å². The van der Waals surface area contributed by atoms with E-state index in [-0.39, 0.29) is 5.41 Å². The van der Waals surface area contributed by atoms with Crippen LogP contribution in [0.5, 0.6) is 0 Å². The third-order valence-corrected chi connectivity index (χ3v) is 5.61. The molecule has 2 unspecified atom stereocenters. The summed E-state index contributed by atoms with van der Waals surface area (Å²) in [5.74, 6) is 0.608. The van der Waals surface area contributed by atoms with Crippen LogP contribution in [0.4, 0.5) is 0 Å². The Morgan fingerprint density at radius 2 is 1.75 bits per heavy atom. The van der Waals surface area contributed by atoms with Crippen LogP contribution in [-0.2, 0) is 12.0 Å². The average Bonchev–Trinajstić information content (AvgIpc) is 3.10. The Hall–Kier alpha value is -2.11. The summed E-state index contributed by atoms with van der Waals surface area (Å²) in [5.41, 5.74) is 2.85. The van der Waals surface area contributed by atoms with Crippen molar-refractivity contribution in [1.29, 1.82) is 5.26 Å². The summed E-state index contributed by atoms with van der Waals surface area (Å²) in [5, 5.41) is 9.11. The molecule has 2 aromatic carbocycles. The topological polar surface area (TPSA) is 27.0 Å². The Labute approximate surface area is 145 Å². The SMILES string of the molecule is CC(CCC#N)(c1ccccc1)C1CCN(Cc2ccccc2)C1. The number of nitriles is 1. The highest BCUT2D eigenvalue weighted by atomic mass is 15.1. The standard InChI is InChI=1S/C22H26N2/c1-22(14-8-15-23,20-11-6-3-7-12-20)21-13-16-24(18-21)17-19-9-4-2-5-10-19/h2-7,9-12,21H,8,13-14,16-18H2,1H3. The fourth-order valence-electron chi connectivity index (χ4n) is 4.06. The van der Waals surface area contributed by atoms with Gasteiger partial charge in [-0.1, -0.05) is 67.6 Å². The molecule has 1 aliphatic heterocycles. The van der Waals surface area contributed by atoms with Gasteiger partial charge in [-0.05, 0) is 41.8 Å². The van der Waals surface area contributed by atoms with E-state index < -0.39 is 0 Å². The zero-order chi connectivity index (χ0) is 16.8. The van der Waals surface area contributed by atoms with Crippen molar-refractivity contribution in [2.45, 2.75) is 38.1 Å². The van der Waals surface area contributed by atoms with E-state index in [4.69, 9.17) is 5.26 Å². The van der Waals surface area contributed by atoms with Gasteiger partial charge in [0.05, 0.1) is 6.07 Å². The molecule has 0 N–H and O–H groups in total. The fraction of sp³-hybridized carbons (Fsp3) is 0.409. The summed E-state index contributed by atoms with van der Waals surface area (Å²) in [4.78, 5) is 2.56. The van der Waals surface area contributed by atoms with Crippen LogP contribution in [0, 0.1) is 17.2 Å². The first-order valence-electron chi connectivity index (χ1n) is 8.91. The van der Waals surface area contributed by atoms with Crippen LogP contribution < -0.4 is 0 Å². The Bertz CT molecular complexity index is 674. The molecule has 2 nitrogen and oxygen atoms in total. The molecule has 1 aliphatic rings. The summed E-state index contributed by atoms with van der Waals surface area (Å²) >= 11 is 0. The van der Waals surface area contributed by atoms with E-state index in [2.05, 4.69) is 78.6 Å². The van der Waals surface area contributed by atoms with Crippen molar-refractivity contribution in [2.75, 3.05) is 13.1 Å². The van der Waals surface area contributed by atoms with Crippen LogP contribution in [0.1, 0.15) is 37.3 Å². The molecule has 0 bridgehead atoms. The van der Waals surface area contributed by atoms with Gasteiger partial charge in [-0.3, -0.25) is 4.90 Å². The number of benzene rings is 2. The minimum absolute atomic E-state index is 0.0857. The molecule has 1 fully saturated rings. The molecule has 0 aliphatic carbocycles. The van der Waals surface area contributed by atoms with Crippen LogP contribution in [0.15, 0.2) is 60.7 Å². The van der Waals surface area contributed by atoms with Crippen LogP contribution in [-0.4, -0.2) is 18.0 Å². The predicted molar refractivity (Wildman–Crippen MR) is 98.5 cm³/mol. The molecule has 0 amide bonds. The van der Waals surface area contributed by atoms with Crippen LogP contribution in [0.2, 0.25) is 0 Å². The maximum atomic E-state index is 9.11. The average molecular weight is 318 g/mol. The van der Waals surface area contributed by atoms with Gasteiger partial charge in [0.1, 0.15) is 0 Å². The van der Waals surface area contributed by atoms with Gasteiger partial charge < -0.3 is 0 Å². The van der Waals surface area contributed by atoms with E-state index in [9.17, 15) is 0 Å². The van der Waals surface area contributed by atoms with Gasteiger partial charge in [-0.2, -0.15) is 5.26 Å². The zero-order valence-corrected chi connectivity index (χ0v) is 14.5. The van der Waals surface area contributed by atoms with Gasteiger partial charge in [-0.15, -0.1) is 0 Å². The molecule has 1 heterocycles. The summed E-state index contributed by atoms with van der Waals surface area (Å²) < 4.78 is 0. The van der Waals surface area contributed by atoms with E-state index >= 15 is 0 Å². The fourth-order valence-corrected chi connectivity index (χ4v) is 4.06. The van der Waals surface area contributed by atoms with E-state index in [1.807, 2.05) is 0 Å². The molecule has 3 rings (SSSR count). The minimum Gasteiger partial charge on any atom is -0.299 e. The first-order chi connectivity index (χ1) is 11.7. The second kappa shape index (κ2) is 7.64. The molecule has 2 heteroatoms. The predicted octanol–water partition coefficient (Wildman–Crippen LogP) is 4.77. The highest BCUT2D eigenvalue weighted by Gasteiger charge is 2.39. The van der Waals surface area contributed by atoms with Gasteiger partial charge in [0, 0.05) is 19.5 Å². The molecule has 0 aromatic heterocycles. The first kappa shape index (κ1) is 16.7. The quantitative estimate of drug-likeness (QED) is 0.767. The Morgan fingerprint density at radius 3 is 2.42 bits per heavy atom. The van der Waals surface area contributed by atoms with Crippen LogP contribution >= 0.6 is 0 Å². The lowest BCUT2D eigenvalue weighted by Crippen LogP contribution is -2.34. The molecular formula is C22H26N2. The van der Waals surface area contributed by atoms with Gasteiger partial charge in [-0.25, -0.2) is 0 Å². The molecule has 2 atom stereocenters. The van der Waals surface area contributed by atoms with Crippen molar-refractivity contribution in [1.82, 2.24) is 4.90 Å². The molecule has 2 aromatic rings. The van der Waals surface area contributed by atoms with E-state index in [0.717, 1.165) is 26.1 Å². The molecule has 124 valence electrons. The molecule has 24 heavy (non-hydrogen) atoms. The lowest BCUT2D eigenvalue weighted by Gasteiger charge is -2.36. The Balaban J connectivity index is 1.74. The lowest BCUT2D eigenvalue weighted by atomic mass is 9.68. The number of hydrogen-bond donors (Lipinski definition) is 0. The summed E-state index contributed by atoms with van der Waals surface area (Å²) in [6, 6.07) is 23.9. The Morgan fingerprint density at radius 1 is 1.08 bits per heavy atom. The molecule has 0 spiro atoms. The van der Waals surface area contributed by atoms with Gasteiger partial charge in [0.2, 0.25) is 0 Å². The van der Waals surface area contributed by atoms with Crippen molar-refractivity contribution in [2.24, 2.45) is 5.92 Å². The second-order valence-corrected chi connectivity index (χ2v) is 7.15. The van der Waals surface area contributed by atoms with E-state index in [1.54, 1.807) is 0 Å². The van der Waals surface area contributed by atoms with E-state index in [0.29, 0.717) is 12.3 Å². The largest absolute Gasteiger partial charge is 0.299 e. The van der Waals surface area contributed by atoms with Gasteiger partial charge in [0.25, 0.3) is 0 Å². The highest BCUT2D eigenvalue weighted by Crippen LogP contribution is 2.41. The number of likely N-dealkylation sites (tertiary alicyclic amines) is 1. The number of rotatable bonds is 6. The molecule has 0 radical (unpaired) electrons. The van der Waals surface area contributed by atoms with Crippen molar-refractivity contribution >= 4 is 0 Å². The highest BCUT2D eigenvalue weighted by molar-refractivity contribution is 5.26. The van der Waals surface area contributed by atoms with Crippen molar-refractivity contribution in [3.8, 4) is 6.07 Å². The van der Waals surface area contributed by atoms with Gasteiger partial charge in [0.15, 0.2) is 0 Å². The van der Waals surface area contributed by atoms with Crippen molar-refractivity contribution < 1.29 is 0 Å². The normalized spacial score (nSPS) is 20.4. The summed E-state index contributed by atoms with van der Waals surface area (Å²) in [6.45, 7) is 5.65. The third-order valence-electron chi connectivity index (χ3n) is 5.61. The molecule has 0 saturated carbocycles. The molecular weight excluding hydrogens is 292 g/mol. The number of hydrogen-bond acceptors (Lipinski definition) is 2. The Kier molecular flexibility index (Phi) is 5.33. The maximum absolute atomic E-state index is 9.11. The van der Waals surface area contributed by atoms with Gasteiger partial charge >= 0.3 is 0 Å².